The first kappa shape index (κ1) is 34.0. The van der Waals surface area contributed by atoms with Gasteiger partial charge in [-0.2, -0.15) is 0 Å². The maximum atomic E-state index is 13.5. The van der Waals surface area contributed by atoms with Crippen molar-refractivity contribution in [1.29, 1.82) is 0 Å². The highest BCUT2D eigenvalue weighted by Gasteiger charge is 2.53. The molecule has 13 nitrogen and oxygen atoms in total. The molecule has 250 valence electrons. The Kier molecular flexibility index (Phi) is 10.5. The number of aromatic hydroxyl groups is 1. The second-order valence-corrected chi connectivity index (χ2v) is 11.7. The minimum Gasteiger partial charge on any atom is -0.504 e. The second-order valence-electron chi connectivity index (χ2n) is 11.3. The van der Waals surface area contributed by atoms with Gasteiger partial charge in [0.15, 0.2) is 11.5 Å². The number of aliphatic hydroxyl groups excluding tert-OH is 5. The molecule has 7 N–H and O–H groups in total. The molecule has 3 aliphatic rings. The molecule has 2 aromatic rings. The SMILES string of the molecule is CC(=Cc1ccc(O[C@@H]2O[C@H](C(C)=CCOc3cc(F)ccc3Cl)[C@@H](O)[C@@H]2O)c(O)c1)C(=O)N[C@@H]1[C@H](O)[C@@H](O)[C@H]2OCO[C@H]2[C@@H]1O. The molecule has 1 saturated carbocycles. The van der Waals surface area contributed by atoms with E-state index in [2.05, 4.69) is 5.32 Å². The van der Waals surface area contributed by atoms with Crippen LogP contribution in [0, 0.1) is 5.82 Å². The molecule has 2 aromatic carbocycles. The predicted octanol–water partition coefficient (Wildman–Crippen LogP) is 0.761. The smallest absolute Gasteiger partial charge is 0.247 e. The molecule has 0 bridgehead atoms. The molecule has 5 rings (SSSR count). The maximum Gasteiger partial charge on any atom is 0.247 e. The molecule has 0 spiro atoms. The van der Waals surface area contributed by atoms with Crippen LogP contribution in [-0.2, 0) is 19.0 Å². The molecule has 0 aromatic heterocycles. The van der Waals surface area contributed by atoms with E-state index in [1.54, 1.807) is 13.0 Å². The van der Waals surface area contributed by atoms with Crippen LogP contribution in [0.4, 0.5) is 4.39 Å². The Morgan fingerprint density at radius 2 is 1.70 bits per heavy atom. The zero-order chi connectivity index (χ0) is 33.3. The summed E-state index contributed by atoms with van der Waals surface area (Å²) in [5.41, 5.74) is 1.03. The van der Waals surface area contributed by atoms with E-state index >= 15 is 0 Å². The molecule has 1 amide bonds. The van der Waals surface area contributed by atoms with Gasteiger partial charge in [-0.15, -0.1) is 0 Å². The van der Waals surface area contributed by atoms with E-state index in [0.29, 0.717) is 11.1 Å². The third-order valence-corrected chi connectivity index (χ3v) is 8.39. The van der Waals surface area contributed by atoms with E-state index in [1.807, 2.05) is 0 Å². The summed E-state index contributed by atoms with van der Waals surface area (Å²) in [6.45, 7) is 2.94. The quantitative estimate of drug-likeness (QED) is 0.147. The number of nitrogens with one attached hydrogen (secondary N) is 1. The average molecular weight is 668 g/mol. The maximum absolute atomic E-state index is 13.5. The van der Waals surface area contributed by atoms with Gasteiger partial charge in [-0.05, 0) is 61.4 Å². The van der Waals surface area contributed by atoms with Crippen molar-refractivity contribution < 1.29 is 63.5 Å². The Balaban J connectivity index is 1.18. The minimum absolute atomic E-state index is 0.0233. The number of ether oxygens (including phenoxy) is 5. The number of hydrogen-bond acceptors (Lipinski definition) is 12. The van der Waals surface area contributed by atoms with Gasteiger partial charge in [0, 0.05) is 11.6 Å². The number of amides is 1. The summed E-state index contributed by atoms with van der Waals surface area (Å²) in [5, 5.41) is 65.8. The summed E-state index contributed by atoms with van der Waals surface area (Å²) in [7, 11) is 0. The molecule has 46 heavy (non-hydrogen) atoms. The Morgan fingerprint density at radius 1 is 0.978 bits per heavy atom. The summed E-state index contributed by atoms with van der Waals surface area (Å²) in [6.07, 6.45) is -8.22. The van der Waals surface area contributed by atoms with Gasteiger partial charge in [0.25, 0.3) is 0 Å². The molecule has 3 fully saturated rings. The number of halogens is 2. The Bertz CT molecular complexity index is 1490. The molecule has 2 saturated heterocycles. The molecule has 15 heteroatoms. The highest BCUT2D eigenvalue weighted by molar-refractivity contribution is 6.32. The first-order valence-corrected chi connectivity index (χ1v) is 14.8. The van der Waals surface area contributed by atoms with Gasteiger partial charge in [0.05, 0.1) is 11.1 Å². The van der Waals surface area contributed by atoms with Crippen LogP contribution in [-0.4, -0.2) is 111 Å². The number of phenolic OH excluding ortho intramolecular Hbond substituents is 1. The first-order chi connectivity index (χ1) is 21.8. The lowest BCUT2D eigenvalue weighted by molar-refractivity contribution is -0.155. The zero-order valence-electron chi connectivity index (χ0n) is 24.7. The van der Waals surface area contributed by atoms with Crippen molar-refractivity contribution >= 4 is 23.6 Å². The van der Waals surface area contributed by atoms with Crippen molar-refractivity contribution in [1.82, 2.24) is 5.32 Å². The molecule has 2 heterocycles. The largest absolute Gasteiger partial charge is 0.504 e. The van der Waals surface area contributed by atoms with Gasteiger partial charge in [-0.1, -0.05) is 17.7 Å². The van der Waals surface area contributed by atoms with Crippen LogP contribution in [0.15, 0.2) is 53.6 Å². The molecular weight excluding hydrogens is 633 g/mol. The van der Waals surface area contributed by atoms with Gasteiger partial charge in [-0.25, -0.2) is 4.39 Å². The number of hydrogen-bond donors (Lipinski definition) is 7. The van der Waals surface area contributed by atoms with E-state index in [0.717, 1.165) is 6.07 Å². The number of benzene rings is 2. The van der Waals surface area contributed by atoms with Crippen LogP contribution in [0.2, 0.25) is 5.02 Å². The summed E-state index contributed by atoms with van der Waals surface area (Å²) in [6, 6.07) is 6.66. The Morgan fingerprint density at radius 3 is 2.41 bits per heavy atom. The average Bonchev–Trinajstić information content (AvgIpc) is 3.62. The second kappa shape index (κ2) is 14.2. The van der Waals surface area contributed by atoms with Crippen LogP contribution in [0.25, 0.3) is 6.08 Å². The predicted molar refractivity (Wildman–Crippen MR) is 158 cm³/mol. The molecule has 2 aliphatic heterocycles. The molecule has 10 atom stereocenters. The van der Waals surface area contributed by atoms with E-state index in [4.69, 9.17) is 35.3 Å². The lowest BCUT2D eigenvalue weighted by Crippen LogP contribution is -2.67. The zero-order valence-corrected chi connectivity index (χ0v) is 25.5. The summed E-state index contributed by atoms with van der Waals surface area (Å²) in [5.74, 6) is -1.45. The highest BCUT2D eigenvalue weighted by atomic mass is 35.5. The molecular formula is C31H35ClFNO12. The fourth-order valence-electron chi connectivity index (χ4n) is 5.47. The molecule has 1 aliphatic carbocycles. The molecule has 0 unspecified atom stereocenters. The van der Waals surface area contributed by atoms with Crippen molar-refractivity contribution in [2.45, 2.75) is 75.0 Å². The van der Waals surface area contributed by atoms with Crippen molar-refractivity contribution in [3.8, 4) is 17.2 Å². The van der Waals surface area contributed by atoms with Crippen LogP contribution >= 0.6 is 11.6 Å². The van der Waals surface area contributed by atoms with Crippen LogP contribution in [0.1, 0.15) is 19.4 Å². The van der Waals surface area contributed by atoms with E-state index in [-0.39, 0.29) is 41.2 Å². The number of carbonyl (C=O) groups is 1. The number of rotatable bonds is 9. The van der Waals surface area contributed by atoms with Gasteiger partial charge in [0.1, 0.15) is 73.8 Å². The third kappa shape index (κ3) is 7.15. The van der Waals surface area contributed by atoms with Gasteiger partial charge in [0.2, 0.25) is 12.2 Å². The summed E-state index contributed by atoms with van der Waals surface area (Å²) >= 11 is 6.00. The Labute approximate surface area is 268 Å². The van der Waals surface area contributed by atoms with Crippen molar-refractivity contribution in [3.05, 3.63) is 70.0 Å². The summed E-state index contributed by atoms with van der Waals surface area (Å²) < 4.78 is 40.8. The van der Waals surface area contributed by atoms with Crippen molar-refractivity contribution in [3.63, 3.8) is 0 Å². The normalized spacial score (nSPS) is 33.1. The fourth-order valence-corrected chi connectivity index (χ4v) is 5.64. The van der Waals surface area contributed by atoms with Crippen LogP contribution < -0.4 is 14.8 Å². The van der Waals surface area contributed by atoms with Crippen LogP contribution in [0.3, 0.4) is 0 Å². The monoisotopic (exact) mass is 667 g/mol. The number of phenols is 1. The van der Waals surface area contributed by atoms with E-state index in [9.17, 15) is 39.8 Å². The standard InChI is InChI=1S/C31H35ClFNO12/c1-13(7-8-42-20-11-16(33)4-5-17(20)32)27-25(39)26(40)31(46-27)45-19-6-3-15(10-18(19)35)9-14(2)30(41)34-21-22(36)24(38)29-28(23(21)37)43-12-44-29/h3-7,9-11,21-29,31,35-40H,8,12H2,1-2H3,(H,34,41)/t21-,22+,23-,24-,25+,26+,27-,28+,29-,31-/m1/s1. The Hall–Kier alpha value is -3.31. The minimum atomic E-state index is -1.51. The van der Waals surface area contributed by atoms with Crippen molar-refractivity contribution in [2.75, 3.05) is 13.4 Å². The highest BCUT2D eigenvalue weighted by Crippen LogP contribution is 2.34. The fraction of sp³-hybridized carbons (Fsp3) is 0.452. The van der Waals surface area contributed by atoms with Crippen LogP contribution in [0.5, 0.6) is 17.2 Å². The topological polar surface area (TPSA) is 197 Å². The number of fused-ring (bicyclic) bond motifs is 1. The van der Waals surface area contributed by atoms with Gasteiger partial charge < -0.3 is 59.6 Å². The van der Waals surface area contributed by atoms with Crippen molar-refractivity contribution in [2.24, 2.45) is 0 Å². The first-order valence-electron chi connectivity index (χ1n) is 14.4. The molecule has 0 radical (unpaired) electrons. The van der Waals surface area contributed by atoms with E-state index in [1.165, 1.54) is 43.3 Å². The van der Waals surface area contributed by atoms with Gasteiger partial charge in [-0.3, -0.25) is 4.79 Å². The number of carbonyl (C=O) groups excluding carboxylic acids is 1. The summed E-state index contributed by atoms with van der Waals surface area (Å²) in [4.78, 5) is 12.9. The lowest BCUT2D eigenvalue weighted by Gasteiger charge is -2.41. The third-order valence-electron chi connectivity index (χ3n) is 8.07. The lowest BCUT2D eigenvalue weighted by atomic mass is 9.83. The number of aliphatic hydroxyl groups is 5. The van der Waals surface area contributed by atoms with E-state index < -0.39 is 72.9 Å². The van der Waals surface area contributed by atoms with Gasteiger partial charge >= 0.3 is 0 Å².